The van der Waals surface area contributed by atoms with Crippen LogP contribution in [-0.2, 0) is 6.54 Å². The van der Waals surface area contributed by atoms with Crippen molar-refractivity contribution in [3.05, 3.63) is 65.7 Å². The Hall–Kier alpha value is -3.28. The van der Waals surface area contributed by atoms with Gasteiger partial charge in [0.15, 0.2) is 0 Å². The van der Waals surface area contributed by atoms with Gasteiger partial charge >= 0.3 is 6.03 Å². The van der Waals surface area contributed by atoms with E-state index in [0.29, 0.717) is 6.54 Å². The molecule has 6 heteroatoms. The molecule has 6 nitrogen and oxygen atoms in total. The van der Waals surface area contributed by atoms with Crippen LogP contribution in [0, 0.1) is 6.92 Å². The van der Waals surface area contributed by atoms with Gasteiger partial charge in [-0.25, -0.2) is 4.79 Å². The number of piperidine rings is 1. The number of nitrogens with zero attached hydrogens (tertiary/aromatic N) is 3. The molecule has 1 saturated heterocycles. The fourth-order valence-corrected chi connectivity index (χ4v) is 4.37. The Balaban J connectivity index is 1.45. The van der Waals surface area contributed by atoms with Crippen LogP contribution in [0.15, 0.2) is 59.1 Å². The average molecular weight is 431 g/mol. The van der Waals surface area contributed by atoms with Crippen LogP contribution in [0.25, 0.3) is 11.3 Å². The Labute approximate surface area is 189 Å². The lowest BCUT2D eigenvalue weighted by Gasteiger charge is -2.28. The highest BCUT2D eigenvalue weighted by Crippen LogP contribution is 2.37. The Bertz CT molecular complexity index is 1050. The molecule has 1 aliphatic carbocycles. The second-order valence-corrected chi connectivity index (χ2v) is 8.88. The van der Waals surface area contributed by atoms with E-state index in [4.69, 9.17) is 4.52 Å². The number of aromatic nitrogens is 1. The molecule has 3 aromatic rings. The predicted octanol–water partition coefficient (Wildman–Crippen LogP) is 5.84. The highest BCUT2D eigenvalue weighted by atomic mass is 16.5. The number of rotatable bonds is 6. The van der Waals surface area contributed by atoms with E-state index in [1.54, 1.807) is 0 Å². The van der Waals surface area contributed by atoms with Gasteiger partial charge in [-0.3, -0.25) is 0 Å². The molecule has 2 fully saturated rings. The number of benzene rings is 2. The second-order valence-electron chi connectivity index (χ2n) is 8.88. The Morgan fingerprint density at radius 2 is 1.78 bits per heavy atom. The summed E-state index contributed by atoms with van der Waals surface area (Å²) >= 11 is 0. The normalized spacial score (nSPS) is 16.1. The maximum atomic E-state index is 13.3. The first-order valence-electron chi connectivity index (χ1n) is 11.6. The van der Waals surface area contributed by atoms with Crippen LogP contribution >= 0.6 is 0 Å². The molecular formula is C26H30N4O2. The molecule has 2 aromatic carbocycles. The van der Waals surface area contributed by atoms with E-state index in [1.807, 2.05) is 54.3 Å². The monoisotopic (exact) mass is 430 g/mol. The third-order valence-corrected chi connectivity index (χ3v) is 6.34. The van der Waals surface area contributed by atoms with Crippen molar-refractivity contribution in [1.29, 1.82) is 0 Å². The third kappa shape index (κ3) is 4.49. The lowest BCUT2D eigenvalue weighted by Crippen LogP contribution is -2.37. The van der Waals surface area contributed by atoms with E-state index in [9.17, 15) is 4.79 Å². The van der Waals surface area contributed by atoms with Crippen LogP contribution in [0.4, 0.5) is 16.4 Å². The van der Waals surface area contributed by atoms with Crippen molar-refractivity contribution in [1.82, 2.24) is 10.1 Å². The fraction of sp³-hybridized carbons (Fsp3) is 0.385. The minimum Gasteiger partial charge on any atom is -0.340 e. The zero-order valence-electron chi connectivity index (χ0n) is 18.6. The molecule has 2 amide bonds. The van der Waals surface area contributed by atoms with Crippen molar-refractivity contribution in [2.45, 2.75) is 51.6 Å². The highest BCUT2D eigenvalue weighted by Gasteiger charge is 2.35. The van der Waals surface area contributed by atoms with Gasteiger partial charge in [0, 0.05) is 30.4 Å². The molecule has 166 valence electrons. The number of amides is 2. The first-order valence-corrected chi connectivity index (χ1v) is 11.6. The Kier molecular flexibility index (Phi) is 5.84. The topological polar surface area (TPSA) is 61.6 Å². The molecule has 1 saturated carbocycles. The quantitative estimate of drug-likeness (QED) is 0.534. The van der Waals surface area contributed by atoms with E-state index in [2.05, 4.69) is 27.5 Å². The zero-order chi connectivity index (χ0) is 21.9. The van der Waals surface area contributed by atoms with Gasteiger partial charge in [0.1, 0.15) is 5.69 Å². The summed E-state index contributed by atoms with van der Waals surface area (Å²) in [5, 5.41) is 7.56. The van der Waals surface area contributed by atoms with Crippen molar-refractivity contribution < 1.29 is 9.32 Å². The first kappa shape index (κ1) is 20.6. The van der Waals surface area contributed by atoms with E-state index in [-0.39, 0.29) is 12.1 Å². The maximum Gasteiger partial charge on any atom is 0.322 e. The van der Waals surface area contributed by atoms with Crippen molar-refractivity contribution in [3.8, 4) is 11.3 Å². The van der Waals surface area contributed by atoms with Crippen LogP contribution in [0.3, 0.4) is 0 Å². The van der Waals surface area contributed by atoms with Gasteiger partial charge in [-0.05, 0) is 51.2 Å². The SMILES string of the molecule is Cc1ccc(NC(=O)N(Cc2c(-c3ccccc3)noc2N2CCCCC2)C2CC2)cc1. The third-order valence-electron chi connectivity index (χ3n) is 6.34. The van der Waals surface area contributed by atoms with Crippen LogP contribution in [-0.4, -0.2) is 35.2 Å². The molecule has 1 aromatic heterocycles. The van der Waals surface area contributed by atoms with Gasteiger partial charge in [-0.2, -0.15) is 0 Å². The molecule has 2 heterocycles. The second kappa shape index (κ2) is 9.07. The molecule has 0 atom stereocenters. The minimum atomic E-state index is -0.0684. The summed E-state index contributed by atoms with van der Waals surface area (Å²) in [5.74, 6) is 0.817. The molecular weight excluding hydrogens is 400 g/mol. The average Bonchev–Trinajstić information content (AvgIpc) is 3.59. The number of hydrogen-bond acceptors (Lipinski definition) is 4. The number of urea groups is 1. The van der Waals surface area contributed by atoms with Gasteiger partial charge < -0.3 is 19.6 Å². The van der Waals surface area contributed by atoms with Gasteiger partial charge in [-0.1, -0.05) is 53.2 Å². The van der Waals surface area contributed by atoms with Gasteiger partial charge in [0.05, 0.1) is 12.1 Å². The lowest BCUT2D eigenvalue weighted by molar-refractivity contribution is 0.206. The summed E-state index contributed by atoms with van der Waals surface area (Å²) in [6, 6.07) is 18.2. The van der Waals surface area contributed by atoms with Crippen molar-refractivity contribution in [2.75, 3.05) is 23.3 Å². The maximum absolute atomic E-state index is 13.3. The Morgan fingerprint density at radius 1 is 1.06 bits per heavy atom. The number of aryl methyl sites for hydroxylation is 1. The molecule has 0 spiro atoms. The van der Waals surface area contributed by atoms with Crippen LogP contribution < -0.4 is 10.2 Å². The summed E-state index contributed by atoms with van der Waals surface area (Å²) in [5.41, 5.74) is 4.84. The lowest BCUT2D eigenvalue weighted by atomic mass is 10.1. The molecule has 32 heavy (non-hydrogen) atoms. The largest absolute Gasteiger partial charge is 0.340 e. The summed E-state index contributed by atoms with van der Waals surface area (Å²) in [4.78, 5) is 17.5. The zero-order valence-corrected chi connectivity index (χ0v) is 18.6. The highest BCUT2D eigenvalue weighted by molar-refractivity contribution is 5.90. The number of anilines is 2. The molecule has 2 aliphatic rings. The summed E-state index contributed by atoms with van der Waals surface area (Å²) in [6.07, 6.45) is 5.62. The fourth-order valence-electron chi connectivity index (χ4n) is 4.37. The van der Waals surface area contributed by atoms with E-state index in [0.717, 1.165) is 67.2 Å². The molecule has 0 bridgehead atoms. The van der Waals surface area contributed by atoms with Crippen LogP contribution in [0.1, 0.15) is 43.2 Å². The summed E-state index contributed by atoms with van der Waals surface area (Å²) < 4.78 is 5.92. The smallest absolute Gasteiger partial charge is 0.322 e. The van der Waals surface area contributed by atoms with Gasteiger partial charge in [0.25, 0.3) is 0 Å². The standard InChI is InChI=1S/C26H30N4O2/c1-19-10-12-21(13-11-19)27-26(31)30(22-14-15-22)18-23-24(20-8-4-2-5-9-20)28-32-25(23)29-16-6-3-7-17-29/h2,4-5,8-13,22H,3,6-7,14-18H2,1H3,(H,27,31). The Morgan fingerprint density at radius 3 is 2.47 bits per heavy atom. The molecule has 5 rings (SSSR count). The molecule has 0 radical (unpaired) electrons. The van der Waals surface area contributed by atoms with Gasteiger partial charge in [0.2, 0.25) is 5.88 Å². The van der Waals surface area contributed by atoms with E-state index in [1.165, 1.54) is 12.0 Å². The van der Waals surface area contributed by atoms with Gasteiger partial charge in [-0.15, -0.1) is 0 Å². The predicted molar refractivity (Wildman–Crippen MR) is 127 cm³/mol. The summed E-state index contributed by atoms with van der Waals surface area (Å²) in [7, 11) is 0. The summed E-state index contributed by atoms with van der Waals surface area (Å²) in [6.45, 7) is 4.47. The van der Waals surface area contributed by atoms with Crippen molar-refractivity contribution in [3.63, 3.8) is 0 Å². The molecule has 0 unspecified atom stereocenters. The van der Waals surface area contributed by atoms with Crippen molar-refractivity contribution in [2.24, 2.45) is 0 Å². The number of carbonyl (C=O) groups excluding carboxylic acids is 1. The molecule has 1 N–H and O–H groups in total. The molecule has 1 aliphatic heterocycles. The number of nitrogens with one attached hydrogen (secondary N) is 1. The van der Waals surface area contributed by atoms with Crippen LogP contribution in [0.5, 0.6) is 0 Å². The number of hydrogen-bond donors (Lipinski definition) is 1. The van der Waals surface area contributed by atoms with Crippen molar-refractivity contribution >= 4 is 17.6 Å². The van der Waals surface area contributed by atoms with E-state index >= 15 is 0 Å². The van der Waals surface area contributed by atoms with E-state index < -0.39 is 0 Å². The minimum absolute atomic E-state index is 0.0684. The number of carbonyl (C=O) groups is 1. The van der Waals surface area contributed by atoms with Crippen LogP contribution in [0.2, 0.25) is 0 Å². The first-order chi connectivity index (χ1) is 15.7.